The van der Waals surface area contributed by atoms with Crippen molar-refractivity contribution in [1.29, 1.82) is 5.26 Å². The number of rotatable bonds is 2. The summed E-state index contributed by atoms with van der Waals surface area (Å²) in [7, 11) is 1.60. The topological polar surface area (TPSA) is 64.4 Å². The maximum absolute atomic E-state index is 11.4. The molecule has 0 aromatic rings. The number of piperazine rings is 1. The van der Waals surface area contributed by atoms with Crippen molar-refractivity contribution in [2.75, 3.05) is 26.7 Å². The van der Waals surface area contributed by atoms with Gasteiger partial charge in [-0.1, -0.05) is 0 Å². The fourth-order valence-electron chi connectivity index (χ4n) is 1.30. The number of carbonyl (C=O) groups is 2. The number of likely N-dealkylation sites (N-methyl/N-ethyl adjacent to an activating group) is 1. The van der Waals surface area contributed by atoms with Crippen molar-refractivity contribution in [3.8, 4) is 6.07 Å². The molecule has 1 unspecified atom stereocenters. The zero-order chi connectivity index (χ0) is 10.7. The fraction of sp³-hybridized carbons (Fsp3) is 0.667. The lowest BCUT2D eigenvalue weighted by Gasteiger charge is -2.32. The number of nitriles is 1. The lowest BCUT2D eigenvalue weighted by Crippen LogP contribution is -2.53. The summed E-state index contributed by atoms with van der Waals surface area (Å²) < 4.78 is 0. The molecule has 5 nitrogen and oxygen atoms in total. The SMILES string of the molecule is CC(C#N)CN1CC(=O)N(C)CC1=O. The molecule has 0 bridgehead atoms. The van der Waals surface area contributed by atoms with Crippen LogP contribution in [0.1, 0.15) is 6.92 Å². The standard InChI is InChI=1S/C9H13N3O2/c1-7(3-10)4-12-6-8(13)11(2)5-9(12)14/h7H,4-6H2,1-2H3. The van der Waals surface area contributed by atoms with Crippen LogP contribution < -0.4 is 0 Å². The normalized spacial score (nSPS) is 19.5. The Labute approximate surface area is 82.9 Å². The molecule has 0 aliphatic carbocycles. The van der Waals surface area contributed by atoms with Crippen molar-refractivity contribution in [3.05, 3.63) is 0 Å². The Balaban J connectivity index is 2.59. The number of nitrogens with zero attached hydrogens (tertiary/aromatic N) is 3. The predicted molar refractivity (Wildman–Crippen MR) is 49.0 cm³/mol. The molecule has 0 N–H and O–H groups in total. The second kappa shape index (κ2) is 4.09. The number of hydrogen-bond acceptors (Lipinski definition) is 3. The quantitative estimate of drug-likeness (QED) is 0.593. The molecule has 0 aromatic carbocycles. The molecule has 5 heteroatoms. The Bertz CT molecular complexity index is 295. The van der Waals surface area contributed by atoms with Gasteiger partial charge in [-0.15, -0.1) is 0 Å². The van der Waals surface area contributed by atoms with Crippen LogP contribution in [0.3, 0.4) is 0 Å². The summed E-state index contributed by atoms with van der Waals surface area (Å²) in [5.74, 6) is -0.390. The first kappa shape index (κ1) is 10.5. The highest BCUT2D eigenvalue weighted by Crippen LogP contribution is 2.05. The van der Waals surface area contributed by atoms with Gasteiger partial charge in [0.2, 0.25) is 11.8 Å². The lowest BCUT2D eigenvalue weighted by atomic mass is 10.2. The van der Waals surface area contributed by atoms with Crippen molar-refractivity contribution in [1.82, 2.24) is 9.80 Å². The molecule has 1 aliphatic rings. The van der Waals surface area contributed by atoms with E-state index in [-0.39, 0.29) is 30.8 Å². The van der Waals surface area contributed by atoms with E-state index in [4.69, 9.17) is 5.26 Å². The van der Waals surface area contributed by atoms with Gasteiger partial charge in [0.15, 0.2) is 0 Å². The molecule has 1 atom stereocenters. The molecule has 14 heavy (non-hydrogen) atoms. The molecule has 2 amide bonds. The van der Waals surface area contributed by atoms with E-state index in [9.17, 15) is 9.59 Å². The van der Waals surface area contributed by atoms with Gasteiger partial charge < -0.3 is 9.80 Å². The molecule has 1 rings (SSSR count). The average Bonchev–Trinajstić information content (AvgIpc) is 2.14. The third kappa shape index (κ3) is 2.22. The summed E-state index contributed by atoms with van der Waals surface area (Å²) >= 11 is 0. The summed E-state index contributed by atoms with van der Waals surface area (Å²) in [5, 5.41) is 8.59. The zero-order valence-corrected chi connectivity index (χ0v) is 8.36. The average molecular weight is 195 g/mol. The molecule has 0 aromatic heterocycles. The van der Waals surface area contributed by atoms with Gasteiger partial charge in [-0.05, 0) is 6.92 Å². The minimum Gasteiger partial charge on any atom is -0.335 e. The predicted octanol–water partition coefficient (Wildman–Crippen LogP) is -0.553. The summed E-state index contributed by atoms with van der Waals surface area (Å²) in [4.78, 5) is 25.5. The third-order valence-electron chi connectivity index (χ3n) is 2.19. The minimum absolute atomic E-state index is 0.0743. The molecule has 1 aliphatic heterocycles. The molecular weight excluding hydrogens is 182 g/mol. The second-order valence-electron chi connectivity index (χ2n) is 3.55. The Morgan fingerprint density at radius 3 is 2.64 bits per heavy atom. The fourth-order valence-corrected chi connectivity index (χ4v) is 1.30. The van der Waals surface area contributed by atoms with Crippen molar-refractivity contribution >= 4 is 11.8 Å². The van der Waals surface area contributed by atoms with E-state index >= 15 is 0 Å². The van der Waals surface area contributed by atoms with Crippen LogP contribution in [0.15, 0.2) is 0 Å². The van der Waals surface area contributed by atoms with Gasteiger partial charge in [0, 0.05) is 13.6 Å². The first-order valence-corrected chi connectivity index (χ1v) is 4.46. The smallest absolute Gasteiger partial charge is 0.242 e. The zero-order valence-electron chi connectivity index (χ0n) is 8.36. The Morgan fingerprint density at radius 2 is 2.07 bits per heavy atom. The Morgan fingerprint density at radius 1 is 1.43 bits per heavy atom. The molecule has 1 saturated heterocycles. The third-order valence-corrected chi connectivity index (χ3v) is 2.19. The summed E-state index contributed by atoms with van der Waals surface area (Å²) in [5.41, 5.74) is 0. The van der Waals surface area contributed by atoms with Gasteiger partial charge in [-0.25, -0.2) is 0 Å². The van der Waals surface area contributed by atoms with Crippen LogP contribution >= 0.6 is 0 Å². The van der Waals surface area contributed by atoms with Crippen LogP contribution in [0.2, 0.25) is 0 Å². The van der Waals surface area contributed by atoms with E-state index < -0.39 is 0 Å². The highest BCUT2D eigenvalue weighted by Gasteiger charge is 2.27. The van der Waals surface area contributed by atoms with Crippen molar-refractivity contribution < 1.29 is 9.59 Å². The van der Waals surface area contributed by atoms with E-state index in [1.807, 2.05) is 6.07 Å². The highest BCUT2D eigenvalue weighted by atomic mass is 16.2. The molecule has 76 valence electrons. The number of hydrogen-bond donors (Lipinski definition) is 0. The van der Waals surface area contributed by atoms with Crippen molar-refractivity contribution in [3.63, 3.8) is 0 Å². The van der Waals surface area contributed by atoms with Gasteiger partial charge in [0.1, 0.15) is 0 Å². The van der Waals surface area contributed by atoms with Crippen LogP contribution in [0.25, 0.3) is 0 Å². The lowest BCUT2D eigenvalue weighted by molar-refractivity contribution is -0.149. The highest BCUT2D eigenvalue weighted by molar-refractivity contribution is 5.92. The van der Waals surface area contributed by atoms with Gasteiger partial charge in [-0.2, -0.15) is 5.26 Å². The molecule has 0 spiro atoms. The van der Waals surface area contributed by atoms with Gasteiger partial charge >= 0.3 is 0 Å². The van der Waals surface area contributed by atoms with Gasteiger partial charge in [0.05, 0.1) is 25.1 Å². The van der Waals surface area contributed by atoms with Crippen LogP contribution in [0.4, 0.5) is 0 Å². The monoisotopic (exact) mass is 195 g/mol. The van der Waals surface area contributed by atoms with E-state index in [1.54, 1.807) is 14.0 Å². The Hall–Kier alpha value is -1.57. The molecule has 1 heterocycles. The van der Waals surface area contributed by atoms with E-state index in [0.717, 1.165) is 0 Å². The second-order valence-corrected chi connectivity index (χ2v) is 3.55. The summed E-state index contributed by atoms with van der Waals surface area (Å²) in [6, 6.07) is 2.04. The molecule has 1 fully saturated rings. The van der Waals surface area contributed by atoms with Crippen molar-refractivity contribution in [2.24, 2.45) is 5.92 Å². The van der Waals surface area contributed by atoms with Crippen LogP contribution in [0, 0.1) is 17.2 Å². The van der Waals surface area contributed by atoms with E-state index in [2.05, 4.69) is 0 Å². The largest absolute Gasteiger partial charge is 0.335 e. The minimum atomic E-state index is -0.227. The van der Waals surface area contributed by atoms with Crippen LogP contribution in [0.5, 0.6) is 0 Å². The number of carbonyl (C=O) groups excluding carboxylic acids is 2. The maximum Gasteiger partial charge on any atom is 0.242 e. The molecule has 0 radical (unpaired) electrons. The van der Waals surface area contributed by atoms with Crippen molar-refractivity contribution in [2.45, 2.75) is 6.92 Å². The first-order chi connectivity index (χ1) is 6.54. The summed E-state index contributed by atoms with van der Waals surface area (Å²) in [6.07, 6.45) is 0. The molecule has 0 saturated carbocycles. The van der Waals surface area contributed by atoms with Gasteiger partial charge in [0.25, 0.3) is 0 Å². The number of amides is 2. The summed E-state index contributed by atoms with van der Waals surface area (Å²) in [6.45, 7) is 2.29. The molecular formula is C9H13N3O2. The van der Waals surface area contributed by atoms with E-state index in [0.29, 0.717) is 6.54 Å². The van der Waals surface area contributed by atoms with Crippen LogP contribution in [-0.2, 0) is 9.59 Å². The van der Waals surface area contributed by atoms with Gasteiger partial charge in [-0.3, -0.25) is 9.59 Å². The maximum atomic E-state index is 11.4. The first-order valence-electron chi connectivity index (χ1n) is 4.46. The Kier molecular flexibility index (Phi) is 3.07. The van der Waals surface area contributed by atoms with E-state index in [1.165, 1.54) is 9.80 Å². The van der Waals surface area contributed by atoms with Crippen LogP contribution in [-0.4, -0.2) is 48.3 Å².